The molecule has 80 valence electrons. The Hall–Kier alpha value is -0.610. The summed E-state index contributed by atoms with van der Waals surface area (Å²) in [7, 11) is 0. The van der Waals surface area contributed by atoms with Gasteiger partial charge in [-0.25, -0.2) is 0 Å². The molecule has 4 nitrogen and oxygen atoms in total. The third-order valence-corrected chi connectivity index (χ3v) is 3.38. The molecule has 0 spiro atoms. The topological polar surface area (TPSA) is 60.8 Å². The van der Waals surface area contributed by atoms with Gasteiger partial charge in [0.25, 0.3) is 0 Å². The summed E-state index contributed by atoms with van der Waals surface area (Å²) in [5, 5.41) is 17.8. The van der Waals surface area contributed by atoms with Crippen molar-refractivity contribution in [1.29, 1.82) is 0 Å². The molecule has 2 aliphatic rings. The van der Waals surface area contributed by atoms with E-state index in [-0.39, 0.29) is 6.10 Å². The molecule has 4 heteroatoms. The molecule has 2 rings (SSSR count). The summed E-state index contributed by atoms with van der Waals surface area (Å²) in [6.07, 6.45) is 3.30. The van der Waals surface area contributed by atoms with E-state index in [9.17, 15) is 4.79 Å². The molecule has 0 amide bonds. The highest BCUT2D eigenvalue weighted by Gasteiger charge is 2.36. The number of rotatable bonds is 3. The molecular formula is C10H17NO3. The third kappa shape index (κ3) is 2.07. The lowest BCUT2D eigenvalue weighted by molar-refractivity contribution is -0.138. The van der Waals surface area contributed by atoms with E-state index in [0.717, 1.165) is 32.4 Å². The van der Waals surface area contributed by atoms with Crippen LogP contribution >= 0.6 is 0 Å². The van der Waals surface area contributed by atoms with Gasteiger partial charge in [-0.3, -0.25) is 9.69 Å². The molecule has 2 atom stereocenters. The predicted octanol–water partition coefficient (Wildman–Crippen LogP) is 0.306. The molecule has 0 aromatic heterocycles. The largest absolute Gasteiger partial charge is 0.481 e. The van der Waals surface area contributed by atoms with Crippen molar-refractivity contribution in [3.05, 3.63) is 0 Å². The lowest BCUT2D eigenvalue weighted by atomic mass is 10.0. The van der Waals surface area contributed by atoms with Gasteiger partial charge in [-0.2, -0.15) is 0 Å². The standard InChI is InChI=1S/C10H17NO3/c12-9-5-11(6-9)8-2-1-7(3-8)4-10(13)14/h7-9,12H,1-6H2,(H,13,14). The van der Waals surface area contributed by atoms with Crippen molar-refractivity contribution >= 4 is 5.97 Å². The second kappa shape index (κ2) is 3.87. The normalized spacial score (nSPS) is 34.4. The monoisotopic (exact) mass is 199 g/mol. The van der Waals surface area contributed by atoms with Gasteiger partial charge in [0.15, 0.2) is 0 Å². The van der Waals surface area contributed by atoms with Gasteiger partial charge in [-0.1, -0.05) is 0 Å². The number of aliphatic hydroxyl groups is 1. The third-order valence-electron chi connectivity index (χ3n) is 3.38. The Bertz CT molecular complexity index is 225. The van der Waals surface area contributed by atoms with Crippen molar-refractivity contribution in [3.63, 3.8) is 0 Å². The Morgan fingerprint density at radius 3 is 2.64 bits per heavy atom. The zero-order valence-corrected chi connectivity index (χ0v) is 8.22. The van der Waals surface area contributed by atoms with Gasteiger partial charge in [0, 0.05) is 25.6 Å². The fourth-order valence-corrected chi connectivity index (χ4v) is 2.60. The van der Waals surface area contributed by atoms with E-state index in [2.05, 4.69) is 4.90 Å². The van der Waals surface area contributed by atoms with E-state index in [4.69, 9.17) is 10.2 Å². The molecule has 2 N–H and O–H groups in total. The van der Waals surface area contributed by atoms with Crippen molar-refractivity contribution in [1.82, 2.24) is 4.90 Å². The maximum atomic E-state index is 10.5. The summed E-state index contributed by atoms with van der Waals surface area (Å²) < 4.78 is 0. The number of β-amino-alcohol motifs (C(OH)–C–C–N with tert-alkyl or cyclic N) is 1. The van der Waals surface area contributed by atoms with Gasteiger partial charge < -0.3 is 10.2 Å². The van der Waals surface area contributed by atoms with Gasteiger partial charge in [0.1, 0.15) is 0 Å². The van der Waals surface area contributed by atoms with Gasteiger partial charge in [-0.05, 0) is 25.2 Å². The Morgan fingerprint density at radius 2 is 2.07 bits per heavy atom. The van der Waals surface area contributed by atoms with Crippen molar-refractivity contribution in [2.24, 2.45) is 5.92 Å². The summed E-state index contributed by atoms with van der Waals surface area (Å²) in [5.41, 5.74) is 0. The molecule has 2 unspecified atom stereocenters. The summed E-state index contributed by atoms with van der Waals surface area (Å²) in [4.78, 5) is 12.8. The Labute approximate surface area is 83.5 Å². The highest BCUT2D eigenvalue weighted by atomic mass is 16.4. The first kappa shape index (κ1) is 9.93. The van der Waals surface area contributed by atoms with Crippen LogP contribution in [0.3, 0.4) is 0 Å². The SMILES string of the molecule is O=C(O)CC1CCC(N2CC(O)C2)C1. The molecule has 1 heterocycles. The lowest BCUT2D eigenvalue weighted by Gasteiger charge is -2.40. The van der Waals surface area contributed by atoms with Crippen LogP contribution in [-0.4, -0.2) is 46.3 Å². The first-order chi connectivity index (χ1) is 6.65. The summed E-state index contributed by atoms with van der Waals surface area (Å²) in [6, 6.07) is 0.530. The maximum Gasteiger partial charge on any atom is 0.303 e. The highest BCUT2D eigenvalue weighted by Crippen LogP contribution is 2.33. The number of carboxylic acid groups (broad SMARTS) is 1. The van der Waals surface area contributed by atoms with Crippen molar-refractivity contribution < 1.29 is 15.0 Å². The number of aliphatic hydroxyl groups excluding tert-OH is 1. The highest BCUT2D eigenvalue weighted by molar-refractivity contribution is 5.67. The van der Waals surface area contributed by atoms with E-state index in [1.807, 2.05) is 0 Å². The van der Waals surface area contributed by atoms with Crippen LogP contribution in [0.25, 0.3) is 0 Å². The van der Waals surface area contributed by atoms with E-state index < -0.39 is 5.97 Å². The van der Waals surface area contributed by atoms with Crippen LogP contribution in [0, 0.1) is 5.92 Å². The fourth-order valence-electron chi connectivity index (χ4n) is 2.60. The molecule has 14 heavy (non-hydrogen) atoms. The second-order valence-electron chi connectivity index (χ2n) is 4.54. The predicted molar refractivity (Wildman–Crippen MR) is 51.0 cm³/mol. The molecule has 1 aliphatic carbocycles. The molecule has 0 bridgehead atoms. The lowest BCUT2D eigenvalue weighted by Crippen LogP contribution is -2.54. The summed E-state index contributed by atoms with van der Waals surface area (Å²) >= 11 is 0. The summed E-state index contributed by atoms with van der Waals surface area (Å²) in [5.74, 6) is -0.325. The van der Waals surface area contributed by atoms with Crippen LogP contribution in [0.2, 0.25) is 0 Å². The maximum absolute atomic E-state index is 10.5. The average molecular weight is 199 g/mol. The van der Waals surface area contributed by atoms with Crippen molar-refractivity contribution in [2.45, 2.75) is 37.8 Å². The molecule has 1 saturated heterocycles. The first-order valence-electron chi connectivity index (χ1n) is 5.29. The zero-order chi connectivity index (χ0) is 10.1. The van der Waals surface area contributed by atoms with E-state index in [0.29, 0.717) is 18.4 Å². The summed E-state index contributed by atoms with van der Waals surface area (Å²) in [6.45, 7) is 1.56. The van der Waals surface area contributed by atoms with Crippen LogP contribution in [-0.2, 0) is 4.79 Å². The number of aliphatic carboxylic acids is 1. The van der Waals surface area contributed by atoms with Gasteiger partial charge in [0.2, 0.25) is 0 Å². The minimum atomic E-state index is -0.681. The Balaban J connectivity index is 1.74. The molecule has 0 aromatic rings. The van der Waals surface area contributed by atoms with Gasteiger partial charge in [-0.15, -0.1) is 0 Å². The molecule has 1 aliphatic heterocycles. The number of carboxylic acids is 1. The van der Waals surface area contributed by atoms with Crippen LogP contribution in [0.5, 0.6) is 0 Å². The fraction of sp³-hybridized carbons (Fsp3) is 0.900. The average Bonchev–Trinajstić information content (AvgIpc) is 2.46. The number of nitrogens with zero attached hydrogens (tertiary/aromatic N) is 1. The molecular weight excluding hydrogens is 182 g/mol. The molecule has 0 radical (unpaired) electrons. The second-order valence-corrected chi connectivity index (χ2v) is 4.54. The van der Waals surface area contributed by atoms with Gasteiger partial charge in [0.05, 0.1) is 6.10 Å². The molecule has 0 aromatic carbocycles. The van der Waals surface area contributed by atoms with Crippen LogP contribution in [0.4, 0.5) is 0 Å². The van der Waals surface area contributed by atoms with Crippen LogP contribution in [0.1, 0.15) is 25.7 Å². The van der Waals surface area contributed by atoms with E-state index in [1.54, 1.807) is 0 Å². The number of hydrogen-bond donors (Lipinski definition) is 2. The minimum absolute atomic E-state index is 0.145. The van der Waals surface area contributed by atoms with E-state index >= 15 is 0 Å². The van der Waals surface area contributed by atoms with Crippen molar-refractivity contribution in [3.8, 4) is 0 Å². The Morgan fingerprint density at radius 1 is 1.36 bits per heavy atom. The Kier molecular flexibility index (Phi) is 2.74. The smallest absolute Gasteiger partial charge is 0.303 e. The molecule has 2 fully saturated rings. The number of likely N-dealkylation sites (tertiary alicyclic amines) is 1. The number of hydrogen-bond acceptors (Lipinski definition) is 3. The molecule has 1 saturated carbocycles. The zero-order valence-electron chi connectivity index (χ0n) is 8.22. The number of carbonyl (C=O) groups is 1. The van der Waals surface area contributed by atoms with Crippen LogP contribution in [0.15, 0.2) is 0 Å². The quantitative estimate of drug-likeness (QED) is 0.686. The van der Waals surface area contributed by atoms with Gasteiger partial charge >= 0.3 is 5.97 Å². The first-order valence-corrected chi connectivity index (χ1v) is 5.29. The van der Waals surface area contributed by atoms with E-state index in [1.165, 1.54) is 0 Å². The minimum Gasteiger partial charge on any atom is -0.481 e. The van der Waals surface area contributed by atoms with Crippen molar-refractivity contribution in [2.75, 3.05) is 13.1 Å². The van der Waals surface area contributed by atoms with Crippen LogP contribution < -0.4 is 0 Å².